The van der Waals surface area contributed by atoms with Gasteiger partial charge in [0.15, 0.2) is 0 Å². The molecule has 0 atom stereocenters. The lowest BCUT2D eigenvalue weighted by atomic mass is 9.79. The molecule has 3 fully saturated rings. The highest BCUT2D eigenvalue weighted by molar-refractivity contribution is 5.02. The molecule has 3 aliphatic heterocycles. The Kier molecular flexibility index (Phi) is 13.3. The van der Waals surface area contributed by atoms with Gasteiger partial charge in [0.05, 0.1) is 0 Å². The molecule has 0 aromatic carbocycles. The van der Waals surface area contributed by atoms with Crippen LogP contribution in [0.1, 0.15) is 173 Å². The van der Waals surface area contributed by atoms with Crippen molar-refractivity contribution in [3.05, 3.63) is 0 Å². The molecule has 260 valence electrons. The Balaban J connectivity index is 1.40. The number of unbranched alkanes of at least 4 members (excludes halogenated alkanes) is 4. The predicted octanol–water partition coefficient (Wildman–Crippen LogP) is 7.17. The number of piperidine rings is 3. The van der Waals surface area contributed by atoms with Gasteiger partial charge in [-0.05, 0) is 160 Å². The number of rotatable bonds is 16. The summed E-state index contributed by atoms with van der Waals surface area (Å²) in [5.74, 6) is 0. The van der Waals surface area contributed by atoms with Crippen LogP contribution in [-0.4, -0.2) is 70.5 Å². The van der Waals surface area contributed by atoms with Crippen LogP contribution in [0.2, 0.25) is 0 Å². The van der Waals surface area contributed by atoms with E-state index in [1.165, 1.54) is 89.9 Å². The zero-order valence-electron chi connectivity index (χ0n) is 31.6. The second-order valence-electron chi connectivity index (χ2n) is 19.5. The molecule has 0 aliphatic carbocycles. The maximum absolute atomic E-state index is 4.20. The molecule has 3 rings (SSSR count). The Morgan fingerprint density at radius 2 is 0.727 bits per heavy atom. The van der Waals surface area contributed by atoms with Gasteiger partial charge in [-0.3, -0.25) is 0 Å². The molecule has 0 spiro atoms. The molecule has 0 saturated carbocycles. The van der Waals surface area contributed by atoms with Crippen molar-refractivity contribution in [2.24, 2.45) is 0 Å². The second kappa shape index (κ2) is 15.3. The average Bonchev–Trinajstić information content (AvgIpc) is 2.77. The van der Waals surface area contributed by atoms with E-state index >= 15 is 0 Å². The lowest BCUT2D eigenvalue weighted by Crippen LogP contribution is -2.62. The van der Waals surface area contributed by atoms with Crippen molar-refractivity contribution in [1.82, 2.24) is 31.9 Å². The molecule has 0 amide bonds. The molecule has 0 unspecified atom stereocenters. The van der Waals surface area contributed by atoms with Crippen molar-refractivity contribution >= 4 is 0 Å². The standard InChI is InChI=1S/C38H78N6/c1-33(2)23-30(24-34(3,4)42-33)39-21-17-13-15-19-29(41-32-27-37(9,10)44-38(11,12)28-32)20-16-14-18-22-40-31-25-35(5,6)43-36(7,8)26-31/h29-32,39-44H,13-28H2,1-12H3. The van der Waals surface area contributed by atoms with Crippen molar-refractivity contribution < 1.29 is 0 Å². The molecule has 0 aromatic heterocycles. The second-order valence-corrected chi connectivity index (χ2v) is 19.5. The third kappa shape index (κ3) is 14.3. The van der Waals surface area contributed by atoms with Gasteiger partial charge in [-0.2, -0.15) is 0 Å². The van der Waals surface area contributed by atoms with E-state index in [4.69, 9.17) is 0 Å². The Hall–Kier alpha value is -0.240. The summed E-state index contributed by atoms with van der Waals surface area (Å²) < 4.78 is 0. The molecule has 6 N–H and O–H groups in total. The van der Waals surface area contributed by atoms with Crippen LogP contribution in [0.25, 0.3) is 0 Å². The van der Waals surface area contributed by atoms with Gasteiger partial charge in [0, 0.05) is 57.4 Å². The van der Waals surface area contributed by atoms with Crippen molar-refractivity contribution in [3.8, 4) is 0 Å². The lowest BCUT2D eigenvalue weighted by molar-refractivity contribution is 0.136. The van der Waals surface area contributed by atoms with Crippen molar-refractivity contribution in [3.63, 3.8) is 0 Å². The molecule has 6 heteroatoms. The first-order valence-electron chi connectivity index (χ1n) is 18.7. The Morgan fingerprint density at radius 1 is 0.432 bits per heavy atom. The van der Waals surface area contributed by atoms with Gasteiger partial charge in [0.2, 0.25) is 0 Å². The van der Waals surface area contributed by atoms with E-state index < -0.39 is 0 Å². The highest BCUT2D eigenvalue weighted by atomic mass is 15.1. The van der Waals surface area contributed by atoms with E-state index in [0.717, 1.165) is 13.1 Å². The Bertz CT molecular complexity index is 761. The van der Waals surface area contributed by atoms with Gasteiger partial charge in [0.1, 0.15) is 0 Å². The molecule has 0 radical (unpaired) electrons. The smallest absolute Gasteiger partial charge is 0.0144 e. The summed E-state index contributed by atoms with van der Waals surface area (Å²) in [5, 5.41) is 23.6. The van der Waals surface area contributed by atoms with E-state index in [1.54, 1.807) is 0 Å². The van der Waals surface area contributed by atoms with Crippen LogP contribution < -0.4 is 31.9 Å². The minimum Gasteiger partial charge on any atom is -0.314 e. The maximum atomic E-state index is 4.20. The highest BCUT2D eigenvalue weighted by Crippen LogP contribution is 2.31. The average molecular weight is 619 g/mol. The fraction of sp³-hybridized carbons (Fsp3) is 1.00. The molecular weight excluding hydrogens is 540 g/mol. The van der Waals surface area contributed by atoms with Crippen LogP contribution in [0.15, 0.2) is 0 Å². The quantitative estimate of drug-likeness (QED) is 0.103. The fourth-order valence-electron chi connectivity index (χ4n) is 10.0. The highest BCUT2D eigenvalue weighted by Gasteiger charge is 2.39. The van der Waals surface area contributed by atoms with Gasteiger partial charge in [0.25, 0.3) is 0 Å². The number of hydrogen-bond donors (Lipinski definition) is 6. The lowest BCUT2D eigenvalue weighted by Gasteiger charge is -2.47. The molecule has 0 aromatic rings. The molecule has 0 bridgehead atoms. The Morgan fingerprint density at radius 3 is 1.05 bits per heavy atom. The summed E-state index contributed by atoms with van der Waals surface area (Å²) in [6.07, 6.45) is 17.9. The van der Waals surface area contributed by atoms with Crippen molar-refractivity contribution in [2.45, 2.75) is 230 Å². The normalized spacial score (nSPS) is 26.7. The van der Waals surface area contributed by atoms with E-state index in [-0.39, 0.29) is 33.2 Å². The fourth-order valence-corrected chi connectivity index (χ4v) is 10.0. The SMILES string of the molecule is CC1(C)CC(NCCCCCC(CCCCCNC2CC(C)(C)NC(C)(C)C2)NC2CC(C)(C)NC(C)(C)C2)CC(C)(C)N1. The predicted molar refractivity (Wildman–Crippen MR) is 193 cm³/mol. The van der Waals surface area contributed by atoms with Gasteiger partial charge in [-0.25, -0.2) is 0 Å². The largest absolute Gasteiger partial charge is 0.314 e. The van der Waals surface area contributed by atoms with Crippen LogP contribution in [0, 0.1) is 0 Å². The van der Waals surface area contributed by atoms with Crippen molar-refractivity contribution in [1.29, 1.82) is 0 Å². The topological polar surface area (TPSA) is 72.2 Å². The van der Waals surface area contributed by atoms with Gasteiger partial charge >= 0.3 is 0 Å². The zero-order valence-corrected chi connectivity index (χ0v) is 31.6. The first-order valence-corrected chi connectivity index (χ1v) is 18.7. The third-order valence-electron chi connectivity index (χ3n) is 10.4. The van der Waals surface area contributed by atoms with E-state index in [2.05, 4.69) is 115 Å². The molecule has 6 nitrogen and oxygen atoms in total. The molecule has 3 heterocycles. The minimum atomic E-state index is 0.191. The van der Waals surface area contributed by atoms with Crippen LogP contribution in [0.4, 0.5) is 0 Å². The number of hydrogen-bond acceptors (Lipinski definition) is 6. The van der Waals surface area contributed by atoms with E-state index in [1.807, 2.05) is 0 Å². The molecule has 3 aliphatic rings. The zero-order chi connectivity index (χ0) is 32.9. The molecule has 3 saturated heterocycles. The summed E-state index contributed by atoms with van der Waals surface area (Å²) in [6.45, 7) is 30.7. The Labute approximate surface area is 275 Å². The minimum absolute atomic E-state index is 0.191. The number of nitrogens with one attached hydrogen (secondary N) is 6. The summed E-state index contributed by atoms with van der Waals surface area (Å²) in [6, 6.07) is 2.50. The monoisotopic (exact) mass is 619 g/mol. The van der Waals surface area contributed by atoms with Crippen molar-refractivity contribution in [2.75, 3.05) is 13.1 Å². The first kappa shape index (κ1) is 38.2. The summed E-state index contributed by atoms with van der Waals surface area (Å²) in [4.78, 5) is 0. The molecular formula is C38H78N6. The summed E-state index contributed by atoms with van der Waals surface area (Å²) >= 11 is 0. The van der Waals surface area contributed by atoms with Crippen LogP contribution in [-0.2, 0) is 0 Å². The van der Waals surface area contributed by atoms with Gasteiger partial charge in [-0.1, -0.05) is 25.7 Å². The van der Waals surface area contributed by atoms with Crippen LogP contribution in [0.5, 0.6) is 0 Å². The van der Waals surface area contributed by atoms with Crippen LogP contribution >= 0.6 is 0 Å². The molecule has 44 heavy (non-hydrogen) atoms. The third-order valence-corrected chi connectivity index (χ3v) is 10.4. The maximum Gasteiger partial charge on any atom is 0.0144 e. The van der Waals surface area contributed by atoms with Crippen LogP contribution in [0.3, 0.4) is 0 Å². The summed E-state index contributed by atoms with van der Waals surface area (Å²) in [7, 11) is 0. The van der Waals surface area contributed by atoms with Gasteiger partial charge in [-0.15, -0.1) is 0 Å². The van der Waals surface area contributed by atoms with Gasteiger partial charge < -0.3 is 31.9 Å². The van der Waals surface area contributed by atoms with E-state index in [9.17, 15) is 0 Å². The summed E-state index contributed by atoms with van der Waals surface area (Å²) in [5.41, 5.74) is 1.25. The first-order chi connectivity index (χ1) is 20.1. The van der Waals surface area contributed by atoms with E-state index in [0.29, 0.717) is 24.2 Å².